The highest BCUT2D eigenvalue weighted by Crippen LogP contribution is 2.16. The van der Waals surface area contributed by atoms with E-state index in [1.165, 1.54) is 18.2 Å². The van der Waals surface area contributed by atoms with Crippen LogP contribution in [0.5, 0.6) is 0 Å². The normalized spacial score (nSPS) is 11.8. The van der Waals surface area contributed by atoms with E-state index in [2.05, 4.69) is 5.32 Å². The molecule has 0 heterocycles. The van der Waals surface area contributed by atoms with Crippen LogP contribution in [0.3, 0.4) is 0 Å². The van der Waals surface area contributed by atoms with E-state index in [0.29, 0.717) is 10.6 Å². The molecule has 0 bridgehead atoms. The Hall–Kier alpha value is -2.24. The largest absolute Gasteiger partial charge is 0.386 e. The molecule has 4 nitrogen and oxygen atoms in total. The lowest BCUT2D eigenvalue weighted by Crippen LogP contribution is -2.29. The van der Waals surface area contributed by atoms with Crippen LogP contribution < -0.4 is 5.32 Å². The van der Waals surface area contributed by atoms with Gasteiger partial charge in [-0.3, -0.25) is 9.59 Å². The van der Waals surface area contributed by atoms with Crippen LogP contribution in [0.4, 0.5) is 4.39 Å². The van der Waals surface area contributed by atoms with Gasteiger partial charge >= 0.3 is 0 Å². The molecule has 24 heavy (non-hydrogen) atoms. The first-order valence-corrected chi connectivity index (χ1v) is 7.83. The highest BCUT2D eigenvalue weighted by Gasteiger charge is 2.14. The molecule has 0 saturated heterocycles. The van der Waals surface area contributed by atoms with E-state index < -0.39 is 11.9 Å². The van der Waals surface area contributed by atoms with Crippen LogP contribution in [0.2, 0.25) is 5.02 Å². The lowest BCUT2D eigenvalue weighted by atomic mass is 10.1. The predicted molar refractivity (Wildman–Crippen MR) is 89.4 cm³/mol. The number of rotatable bonds is 7. The highest BCUT2D eigenvalue weighted by molar-refractivity contribution is 6.30. The van der Waals surface area contributed by atoms with Crippen molar-refractivity contribution >= 4 is 23.3 Å². The third-order valence-electron chi connectivity index (χ3n) is 3.50. The second-order valence-electron chi connectivity index (χ2n) is 5.27. The topological polar surface area (TPSA) is 66.4 Å². The second kappa shape index (κ2) is 8.57. The van der Waals surface area contributed by atoms with Gasteiger partial charge in [0.15, 0.2) is 5.78 Å². The Balaban J connectivity index is 1.78. The number of amides is 1. The van der Waals surface area contributed by atoms with Crippen LogP contribution in [0.1, 0.15) is 34.9 Å². The lowest BCUT2D eigenvalue weighted by Gasteiger charge is -2.13. The van der Waals surface area contributed by atoms with Gasteiger partial charge in [-0.1, -0.05) is 29.8 Å². The Morgan fingerprint density at radius 2 is 1.75 bits per heavy atom. The molecule has 0 aliphatic heterocycles. The Labute approximate surface area is 144 Å². The quantitative estimate of drug-likeness (QED) is 0.754. The summed E-state index contributed by atoms with van der Waals surface area (Å²) in [5.74, 6) is -1.08. The first-order valence-electron chi connectivity index (χ1n) is 7.45. The van der Waals surface area contributed by atoms with Gasteiger partial charge in [0.1, 0.15) is 5.82 Å². The average Bonchev–Trinajstić information content (AvgIpc) is 2.58. The van der Waals surface area contributed by atoms with E-state index in [1.54, 1.807) is 30.3 Å². The fourth-order valence-electron chi connectivity index (χ4n) is 2.16. The smallest absolute Gasteiger partial charge is 0.220 e. The highest BCUT2D eigenvalue weighted by atomic mass is 35.5. The van der Waals surface area contributed by atoms with Gasteiger partial charge in [0.05, 0.1) is 6.10 Å². The van der Waals surface area contributed by atoms with E-state index in [9.17, 15) is 19.1 Å². The Morgan fingerprint density at radius 1 is 1.08 bits per heavy atom. The number of hydrogen-bond acceptors (Lipinski definition) is 3. The minimum atomic E-state index is -1.14. The van der Waals surface area contributed by atoms with Crippen molar-refractivity contribution in [2.24, 2.45) is 0 Å². The van der Waals surface area contributed by atoms with E-state index >= 15 is 0 Å². The van der Waals surface area contributed by atoms with E-state index in [0.717, 1.165) is 0 Å². The van der Waals surface area contributed by atoms with Crippen LogP contribution in [0.15, 0.2) is 48.5 Å². The third-order valence-corrected chi connectivity index (χ3v) is 3.75. The van der Waals surface area contributed by atoms with Crippen molar-refractivity contribution in [1.82, 2.24) is 5.32 Å². The average molecular weight is 350 g/mol. The molecular weight excluding hydrogens is 333 g/mol. The first-order chi connectivity index (χ1) is 11.5. The molecule has 1 atom stereocenters. The Morgan fingerprint density at radius 3 is 2.42 bits per heavy atom. The molecule has 0 aliphatic rings. The number of Topliss-reactive ketones (excluding diaryl/α,β-unsaturated/α-hetero) is 1. The third kappa shape index (κ3) is 5.15. The van der Waals surface area contributed by atoms with Crippen LogP contribution >= 0.6 is 11.6 Å². The fourth-order valence-corrected chi connectivity index (χ4v) is 2.29. The van der Waals surface area contributed by atoms with Gasteiger partial charge in [-0.2, -0.15) is 0 Å². The Kier molecular flexibility index (Phi) is 6.46. The molecule has 0 aromatic heterocycles. The molecule has 0 saturated carbocycles. The monoisotopic (exact) mass is 349 g/mol. The molecule has 126 valence electrons. The number of ketones is 1. The summed E-state index contributed by atoms with van der Waals surface area (Å²) in [7, 11) is 0. The number of carbonyl (C=O) groups is 2. The molecule has 2 aromatic carbocycles. The van der Waals surface area contributed by atoms with E-state index in [1.807, 2.05) is 0 Å². The molecule has 2 N–H and O–H groups in total. The van der Waals surface area contributed by atoms with Gasteiger partial charge in [0.2, 0.25) is 5.91 Å². The van der Waals surface area contributed by atoms with Gasteiger partial charge in [0, 0.05) is 35.5 Å². The maximum absolute atomic E-state index is 13.5. The van der Waals surface area contributed by atoms with Crippen molar-refractivity contribution in [1.29, 1.82) is 0 Å². The number of hydrogen-bond donors (Lipinski definition) is 2. The van der Waals surface area contributed by atoms with Gasteiger partial charge in [-0.25, -0.2) is 4.39 Å². The van der Waals surface area contributed by atoms with Gasteiger partial charge < -0.3 is 10.4 Å². The number of aliphatic hydroxyl groups is 1. The predicted octanol–water partition coefficient (Wildman–Crippen LogP) is 3.29. The summed E-state index contributed by atoms with van der Waals surface area (Å²) in [5.41, 5.74) is 0.605. The number of benzene rings is 2. The van der Waals surface area contributed by atoms with E-state index in [-0.39, 0.29) is 36.6 Å². The zero-order valence-electron chi connectivity index (χ0n) is 12.8. The molecule has 1 amide bonds. The minimum Gasteiger partial charge on any atom is -0.386 e. The molecule has 2 rings (SSSR count). The summed E-state index contributed by atoms with van der Waals surface area (Å²) in [4.78, 5) is 23.7. The zero-order chi connectivity index (χ0) is 17.5. The molecular formula is C18H17ClFNO3. The van der Waals surface area contributed by atoms with E-state index in [4.69, 9.17) is 11.6 Å². The zero-order valence-corrected chi connectivity index (χ0v) is 13.6. The maximum atomic E-state index is 13.5. The first kappa shape index (κ1) is 18.1. The number of aliphatic hydroxyl groups excluding tert-OH is 1. The maximum Gasteiger partial charge on any atom is 0.220 e. The van der Waals surface area contributed by atoms with Crippen molar-refractivity contribution < 1.29 is 19.1 Å². The van der Waals surface area contributed by atoms with Crippen molar-refractivity contribution in [2.75, 3.05) is 6.54 Å². The lowest BCUT2D eigenvalue weighted by molar-refractivity contribution is -0.121. The van der Waals surface area contributed by atoms with Gasteiger partial charge in [0.25, 0.3) is 0 Å². The summed E-state index contributed by atoms with van der Waals surface area (Å²) in [6.07, 6.45) is -1.10. The van der Waals surface area contributed by atoms with Crippen LogP contribution in [-0.2, 0) is 4.79 Å². The van der Waals surface area contributed by atoms with Crippen molar-refractivity contribution in [3.63, 3.8) is 0 Å². The Bertz CT molecular complexity index is 718. The van der Waals surface area contributed by atoms with Crippen LogP contribution in [0, 0.1) is 5.82 Å². The summed E-state index contributed by atoms with van der Waals surface area (Å²) < 4.78 is 13.5. The standard InChI is InChI=1S/C18H17ClFNO3/c19-13-7-5-12(6-8-13)16(22)9-10-18(24)21-11-17(23)14-3-1-2-4-15(14)20/h1-8,17,23H,9-11H2,(H,21,24)/t17-/m0/s1. The summed E-state index contributed by atoms with van der Waals surface area (Å²) >= 11 is 5.75. The van der Waals surface area contributed by atoms with Crippen molar-refractivity contribution in [3.8, 4) is 0 Å². The minimum absolute atomic E-state index is 0.00848. The number of carbonyl (C=O) groups excluding carboxylic acids is 2. The molecule has 0 fully saturated rings. The van der Waals surface area contributed by atoms with Crippen LogP contribution in [-0.4, -0.2) is 23.3 Å². The molecule has 0 spiro atoms. The summed E-state index contributed by atoms with van der Waals surface area (Å²) in [6, 6.07) is 12.2. The SMILES string of the molecule is O=C(CCC(=O)c1ccc(Cl)cc1)NC[C@H](O)c1ccccc1F. The van der Waals surface area contributed by atoms with Crippen molar-refractivity contribution in [3.05, 3.63) is 70.5 Å². The van der Waals surface area contributed by atoms with Gasteiger partial charge in [-0.05, 0) is 30.3 Å². The van der Waals surface area contributed by atoms with Gasteiger partial charge in [-0.15, -0.1) is 0 Å². The summed E-state index contributed by atoms with van der Waals surface area (Å²) in [5, 5.41) is 12.9. The molecule has 2 aromatic rings. The molecule has 0 radical (unpaired) electrons. The number of nitrogens with one attached hydrogen (secondary N) is 1. The number of halogens is 2. The fraction of sp³-hybridized carbons (Fsp3) is 0.222. The van der Waals surface area contributed by atoms with Crippen molar-refractivity contribution in [2.45, 2.75) is 18.9 Å². The molecule has 6 heteroatoms. The second-order valence-corrected chi connectivity index (χ2v) is 5.71. The van der Waals surface area contributed by atoms with Crippen LogP contribution in [0.25, 0.3) is 0 Å². The molecule has 0 aliphatic carbocycles. The summed E-state index contributed by atoms with van der Waals surface area (Å²) in [6.45, 7) is -0.116. The molecule has 0 unspecified atom stereocenters.